The zero-order chi connectivity index (χ0) is 25.4. The maximum Gasteiger partial charge on any atom is 0.407 e. The lowest BCUT2D eigenvalue weighted by atomic mass is 9.76. The summed E-state index contributed by atoms with van der Waals surface area (Å²) >= 11 is 0. The van der Waals surface area contributed by atoms with Gasteiger partial charge in [0.25, 0.3) is 0 Å². The van der Waals surface area contributed by atoms with Crippen molar-refractivity contribution in [3.05, 3.63) is 58.9 Å². The maximum absolute atomic E-state index is 13.7. The minimum absolute atomic E-state index is 0.0293. The van der Waals surface area contributed by atoms with Crippen LogP contribution in [0.25, 0.3) is 0 Å². The summed E-state index contributed by atoms with van der Waals surface area (Å²) in [5.41, 5.74) is 2.45. The first-order valence-corrected chi connectivity index (χ1v) is 12.5. The lowest BCUT2D eigenvalue weighted by Gasteiger charge is -2.39. The molecular weight excluding hydrogens is 440 g/mol. The molecule has 7 heteroatoms. The van der Waals surface area contributed by atoms with Gasteiger partial charge in [0, 0.05) is 30.7 Å². The molecule has 1 N–H and O–H groups in total. The van der Waals surface area contributed by atoms with Crippen molar-refractivity contribution in [3.8, 4) is 6.07 Å². The van der Waals surface area contributed by atoms with E-state index in [1.165, 1.54) is 0 Å². The van der Waals surface area contributed by atoms with Gasteiger partial charge in [-0.15, -0.1) is 0 Å². The van der Waals surface area contributed by atoms with Crippen LogP contribution in [-0.4, -0.2) is 46.5 Å². The Bertz CT molecular complexity index is 1110. The third kappa shape index (κ3) is 5.07. The van der Waals surface area contributed by atoms with Gasteiger partial charge in [-0.3, -0.25) is 4.79 Å². The number of nitrogens with zero attached hydrogens (tertiary/aromatic N) is 3. The van der Waals surface area contributed by atoms with Crippen molar-refractivity contribution in [1.82, 2.24) is 15.1 Å². The average Bonchev–Trinajstić information content (AvgIpc) is 2.99. The summed E-state index contributed by atoms with van der Waals surface area (Å²) in [5, 5.41) is 12.6. The van der Waals surface area contributed by atoms with Crippen LogP contribution in [0.2, 0.25) is 0 Å². The minimum Gasteiger partial charge on any atom is -0.444 e. The molecule has 2 fully saturated rings. The molecule has 1 aromatic carbocycles. The quantitative estimate of drug-likeness (QED) is 0.681. The van der Waals surface area contributed by atoms with Crippen molar-refractivity contribution in [2.45, 2.75) is 72.1 Å². The zero-order valence-corrected chi connectivity index (χ0v) is 21.4. The number of hydrogen-bond donors (Lipinski definition) is 1. The molecule has 0 saturated carbocycles. The molecule has 1 unspecified atom stereocenters. The Labute approximate surface area is 208 Å². The van der Waals surface area contributed by atoms with Crippen molar-refractivity contribution in [1.29, 1.82) is 5.26 Å². The third-order valence-corrected chi connectivity index (χ3v) is 7.15. The average molecular weight is 477 g/mol. The molecule has 1 aromatic rings. The second kappa shape index (κ2) is 9.41. The monoisotopic (exact) mass is 476 g/mol. The molecule has 3 aliphatic rings. The molecule has 35 heavy (non-hydrogen) atoms. The first kappa shape index (κ1) is 24.8. The van der Waals surface area contributed by atoms with Crippen LogP contribution in [0.3, 0.4) is 0 Å². The molecule has 4 rings (SSSR count). The number of fused-ring (bicyclic) bond motifs is 1. The lowest BCUT2D eigenvalue weighted by Crippen LogP contribution is -2.49. The number of piperidine rings is 1. The van der Waals surface area contributed by atoms with E-state index in [0.29, 0.717) is 18.7 Å². The first-order valence-electron chi connectivity index (χ1n) is 12.5. The number of benzene rings is 1. The van der Waals surface area contributed by atoms with Gasteiger partial charge in [0.2, 0.25) is 5.91 Å². The fourth-order valence-electron chi connectivity index (χ4n) is 5.41. The Morgan fingerprint density at radius 2 is 2.03 bits per heavy atom. The fraction of sp³-hybridized carbons (Fsp3) is 0.536. The van der Waals surface area contributed by atoms with E-state index in [1.807, 2.05) is 57.7 Å². The number of carbonyl (C=O) groups is 2. The number of nitriles is 1. The second-order valence-corrected chi connectivity index (χ2v) is 11.3. The third-order valence-electron chi connectivity index (χ3n) is 7.15. The number of amides is 2. The van der Waals surface area contributed by atoms with E-state index in [-0.39, 0.29) is 17.9 Å². The van der Waals surface area contributed by atoms with Crippen LogP contribution in [-0.2, 0) is 16.1 Å². The molecule has 0 radical (unpaired) electrons. The van der Waals surface area contributed by atoms with Gasteiger partial charge in [-0.05, 0) is 57.7 Å². The summed E-state index contributed by atoms with van der Waals surface area (Å²) in [6, 6.07) is 9.71. The maximum atomic E-state index is 13.7. The summed E-state index contributed by atoms with van der Waals surface area (Å²) in [6.07, 6.45) is 6.52. The number of rotatable bonds is 4. The topological polar surface area (TPSA) is 85.7 Å². The standard InChI is InChI=1S/C28H36N4O3/c1-27(2,3)35-26(34)30-21-12-9-15-31(18-21)23-14-8-13-22-24(23)32(25(33)28(22,4)5)17-20-11-7-6-10-19(20)16-29/h6-8,10-11,14,21-22H,9,12-13,15,17-18H2,1-5H3,(H,30,34)/t21-,22?/m1/s1. The van der Waals surface area contributed by atoms with E-state index < -0.39 is 17.1 Å². The highest BCUT2D eigenvalue weighted by atomic mass is 16.6. The van der Waals surface area contributed by atoms with Crippen LogP contribution in [0.1, 0.15) is 65.0 Å². The summed E-state index contributed by atoms with van der Waals surface area (Å²) in [7, 11) is 0. The highest BCUT2D eigenvalue weighted by Gasteiger charge is 2.52. The molecule has 2 aliphatic heterocycles. The predicted molar refractivity (Wildman–Crippen MR) is 134 cm³/mol. The predicted octanol–water partition coefficient (Wildman–Crippen LogP) is 4.70. The zero-order valence-electron chi connectivity index (χ0n) is 21.4. The largest absolute Gasteiger partial charge is 0.444 e. The summed E-state index contributed by atoms with van der Waals surface area (Å²) in [6.45, 7) is 11.5. The molecule has 2 amide bonds. The van der Waals surface area contributed by atoms with E-state index in [2.05, 4.69) is 28.4 Å². The molecule has 7 nitrogen and oxygen atoms in total. The van der Waals surface area contributed by atoms with E-state index in [9.17, 15) is 14.9 Å². The Morgan fingerprint density at radius 3 is 2.74 bits per heavy atom. The molecule has 0 bridgehead atoms. The number of likely N-dealkylation sites (tertiary alicyclic amines) is 2. The molecule has 2 atom stereocenters. The molecule has 2 heterocycles. The van der Waals surface area contributed by atoms with Crippen molar-refractivity contribution < 1.29 is 14.3 Å². The molecule has 186 valence electrons. The Balaban J connectivity index is 1.64. The van der Waals surface area contributed by atoms with Crippen LogP contribution < -0.4 is 5.32 Å². The molecular formula is C28H36N4O3. The van der Waals surface area contributed by atoms with Gasteiger partial charge in [0.1, 0.15) is 5.60 Å². The van der Waals surface area contributed by atoms with Crippen molar-refractivity contribution in [2.75, 3.05) is 13.1 Å². The molecule has 2 saturated heterocycles. The number of carbonyl (C=O) groups excluding carboxylic acids is 2. The minimum atomic E-state index is -0.543. The van der Waals surface area contributed by atoms with Gasteiger partial charge in [-0.2, -0.15) is 5.26 Å². The van der Waals surface area contributed by atoms with E-state index in [4.69, 9.17) is 4.74 Å². The van der Waals surface area contributed by atoms with E-state index >= 15 is 0 Å². The van der Waals surface area contributed by atoms with Crippen LogP contribution >= 0.6 is 0 Å². The Kier molecular flexibility index (Phi) is 6.68. The number of allylic oxidation sites excluding steroid dienone is 3. The summed E-state index contributed by atoms with van der Waals surface area (Å²) < 4.78 is 5.46. The Hall–Kier alpha value is -3.27. The van der Waals surface area contributed by atoms with Crippen LogP contribution in [0.15, 0.2) is 47.8 Å². The molecule has 0 spiro atoms. The lowest BCUT2D eigenvalue weighted by molar-refractivity contribution is -0.135. The van der Waals surface area contributed by atoms with Crippen molar-refractivity contribution in [2.24, 2.45) is 11.3 Å². The van der Waals surface area contributed by atoms with Crippen LogP contribution in [0.4, 0.5) is 4.79 Å². The van der Waals surface area contributed by atoms with Gasteiger partial charge in [0.15, 0.2) is 0 Å². The fourth-order valence-corrected chi connectivity index (χ4v) is 5.41. The number of alkyl carbamates (subject to hydrolysis) is 1. The van der Waals surface area contributed by atoms with E-state index in [1.54, 1.807) is 6.07 Å². The van der Waals surface area contributed by atoms with Crippen molar-refractivity contribution in [3.63, 3.8) is 0 Å². The molecule has 0 aromatic heterocycles. The second-order valence-electron chi connectivity index (χ2n) is 11.3. The van der Waals surface area contributed by atoms with Gasteiger partial charge in [0.05, 0.1) is 29.3 Å². The van der Waals surface area contributed by atoms with Gasteiger partial charge < -0.3 is 19.9 Å². The van der Waals surface area contributed by atoms with Gasteiger partial charge >= 0.3 is 6.09 Å². The smallest absolute Gasteiger partial charge is 0.407 e. The van der Waals surface area contributed by atoms with Crippen molar-refractivity contribution >= 4 is 12.0 Å². The normalized spacial score (nSPS) is 23.7. The SMILES string of the molecule is CC(C)(C)OC(=O)N[C@@H]1CCCN(C2=C3C(CC=C2)C(C)(C)C(=O)N3Cc2ccccc2C#N)C1. The van der Waals surface area contributed by atoms with Gasteiger partial charge in [-0.1, -0.05) is 38.1 Å². The summed E-state index contributed by atoms with van der Waals surface area (Å²) in [4.78, 5) is 30.2. The van der Waals surface area contributed by atoms with Crippen LogP contribution in [0, 0.1) is 22.7 Å². The number of ether oxygens (including phenoxy) is 1. The van der Waals surface area contributed by atoms with Gasteiger partial charge in [-0.25, -0.2) is 4.79 Å². The molecule has 1 aliphatic carbocycles. The number of nitrogens with one attached hydrogen (secondary N) is 1. The highest BCUT2D eigenvalue weighted by molar-refractivity contribution is 5.88. The highest BCUT2D eigenvalue weighted by Crippen LogP contribution is 2.50. The number of hydrogen-bond acceptors (Lipinski definition) is 5. The summed E-state index contributed by atoms with van der Waals surface area (Å²) in [5.74, 6) is 0.162. The van der Waals surface area contributed by atoms with E-state index in [0.717, 1.165) is 42.8 Å². The Morgan fingerprint density at radius 1 is 1.29 bits per heavy atom. The van der Waals surface area contributed by atoms with Crippen LogP contribution in [0.5, 0.6) is 0 Å². The first-order chi connectivity index (χ1) is 16.5.